The number of halogens is 1. The van der Waals surface area contributed by atoms with E-state index in [2.05, 4.69) is 27.0 Å². The highest BCUT2D eigenvalue weighted by Gasteiger charge is 2.11. The molecule has 2 rings (SSSR count). The van der Waals surface area contributed by atoms with Crippen LogP contribution >= 0.6 is 11.6 Å². The Labute approximate surface area is 114 Å². The number of rotatable bonds is 1. The third kappa shape index (κ3) is 3.38. The lowest BCUT2D eigenvalue weighted by Crippen LogP contribution is -2.27. The van der Waals surface area contributed by atoms with E-state index in [4.69, 9.17) is 11.6 Å². The number of pyridine rings is 1. The van der Waals surface area contributed by atoms with Gasteiger partial charge in [-0.15, -0.1) is 0 Å². The summed E-state index contributed by atoms with van der Waals surface area (Å²) < 4.78 is 0. The normalized spacial score (nSPS) is 15.8. The van der Waals surface area contributed by atoms with E-state index in [1.54, 1.807) is 0 Å². The van der Waals surface area contributed by atoms with Crippen LogP contribution in [0.5, 0.6) is 0 Å². The Morgan fingerprint density at radius 1 is 1.44 bits per heavy atom. The third-order valence-corrected chi connectivity index (χ3v) is 3.23. The van der Waals surface area contributed by atoms with Gasteiger partial charge in [0, 0.05) is 26.1 Å². The molecule has 1 aliphatic heterocycles. The van der Waals surface area contributed by atoms with E-state index in [1.165, 1.54) is 0 Å². The van der Waals surface area contributed by atoms with Gasteiger partial charge in [-0.25, -0.2) is 4.98 Å². The van der Waals surface area contributed by atoms with Crippen molar-refractivity contribution in [1.82, 2.24) is 10.3 Å². The second kappa shape index (κ2) is 6.63. The van der Waals surface area contributed by atoms with Gasteiger partial charge in [-0.1, -0.05) is 30.4 Å². The van der Waals surface area contributed by atoms with Gasteiger partial charge in [0.1, 0.15) is 5.15 Å². The smallest absolute Gasteiger partial charge is 0.144 e. The summed E-state index contributed by atoms with van der Waals surface area (Å²) >= 11 is 6.06. The molecule has 1 fully saturated rings. The van der Waals surface area contributed by atoms with Gasteiger partial charge in [0.15, 0.2) is 0 Å². The SMILES string of the molecule is CCC#Cc1cc(N2CCCNCC2)cnc1Cl. The van der Waals surface area contributed by atoms with E-state index in [0.29, 0.717) is 5.15 Å². The van der Waals surface area contributed by atoms with Crippen LogP contribution < -0.4 is 10.2 Å². The molecule has 0 unspecified atom stereocenters. The van der Waals surface area contributed by atoms with Gasteiger partial charge in [0.25, 0.3) is 0 Å². The molecule has 0 aliphatic carbocycles. The minimum atomic E-state index is 0.493. The van der Waals surface area contributed by atoms with E-state index in [9.17, 15) is 0 Å². The van der Waals surface area contributed by atoms with Crippen LogP contribution in [0.3, 0.4) is 0 Å². The van der Waals surface area contributed by atoms with Crippen LogP contribution in [0.25, 0.3) is 0 Å². The Hall–Kier alpha value is -1.24. The first-order valence-electron chi connectivity index (χ1n) is 6.41. The fourth-order valence-corrected chi connectivity index (χ4v) is 2.14. The molecule has 96 valence electrons. The van der Waals surface area contributed by atoms with Crippen LogP contribution in [0.4, 0.5) is 5.69 Å². The molecule has 4 heteroatoms. The summed E-state index contributed by atoms with van der Waals surface area (Å²) in [7, 11) is 0. The highest BCUT2D eigenvalue weighted by atomic mass is 35.5. The van der Waals surface area contributed by atoms with Crippen molar-refractivity contribution in [2.45, 2.75) is 19.8 Å². The average Bonchev–Trinajstić information content (AvgIpc) is 2.67. The number of anilines is 1. The molecule has 0 radical (unpaired) electrons. The van der Waals surface area contributed by atoms with Gasteiger partial charge in [-0.2, -0.15) is 0 Å². The Morgan fingerprint density at radius 2 is 2.33 bits per heavy atom. The Morgan fingerprint density at radius 3 is 3.17 bits per heavy atom. The first kappa shape index (κ1) is 13.2. The summed E-state index contributed by atoms with van der Waals surface area (Å²) in [5.41, 5.74) is 1.94. The summed E-state index contributed by atoms with van der Waals surface area (Å²) in [6.45, 7) is 6.18. The highest BCUT2D eigenvalue weighted by molar-refractivity contribution is 6.30. The summed E-state index contributed by atoms with van der Waals surface area (Å²) in [4.78, 5) is 6.57. The van der Waals surface area contributed by atoms with Crippen molar-refractivity contribution in [1.29, 1.82) is 0 Å². The maximum absolute atomic E-state index is 6.06. The van der Waals surface area contributed by atoms with Crippen LogP contribution in [0.1, 0.15) is 25.3 Å². The maximum atomic E-state index is 6.06. The predicted molar refractivity (Wildman–Crippen MR) is 76.1 cm³/mol. The second-order valence-corrected chi connectivity index (χ2v) is 4.64. The van der Waals surface area contributed by atoms with Gasteiger partial charge in [-0.3, -0.25) is 0 Å². The lowest BCUT2D eigenvalue weighted by Gasteiger charge is -2.22. The fraction of sp³-hybridized carbons (Fsp3) is 0.500. The highest BCUT2D eigenvalue weighted by Crippen LogP contribution is 2.20. The van der Waals surface area contributed by atoms with Gasteiger partial charge in [-0.05, 0) is 19.0 Å². The molecule has 0 aromatic carbocycles. The topological polar surface area (TPSA) is 28.2 Å². The molecule has 0 spiro atoms. The molecule has 1 aromatic heterocycles. The van der Waals surface area contributed by atoms with Crippen LogP contribution in [-0.2, 0) is 0 Å². The summed E-state index contributed by atoms with van der Waals surface area (Å²) in [6, 6.07) is 2.04. The zero-order chi connectivity index (χ0) is 12.8. The van der Waals surface area contributed by atoms with Gasteiger partial charge in [0.05, 0.1) is 17.4 Å². The largest absolute Gasteiger partial charge is 0.369 e. The minimum Gasteiger partial charge on any atom is -0.369 e. The Balaban J connectivity index is 2.22. The number of hydrogen-bond donors (Lipinski definition) is 1. The van der Waals surface area contributed by atoms with Crippen molar-refractivity contribution in [3.8, 4) is 11.8 Å². The molecule has 18 heavy (non-hydrogen) atoms. The first-order valence-corrected chi connectivity index (χ1v) is 6.79. The van der Waals surface area contributed by atoms with E-state index in [0.717, 1.165) is 50.3 Å². The van der Waals surface area contributed by atoms with Crippen molar-refractivity contribution < 1.29 is 0 Å². The van der Waals surface area contributed by atoms with E-state index < -0.39 is 0 Å². The van der Waals surface area contributed by atoms with Crippen molar-refractivity contribution >= 4 is 17.3 Å². The van der Waals surface area contributed by atoms with Crippen LogP contribution in [0, 0.1) is 11.8 Å². The summed E-state index contributed by atoms with van der Waals surface area (Å²) in [6.07, 6.45) is 3.82. The number of nitrogens with one attached hydrogen (secondary N) is 1. The molecule has 0 bridgehead atoms. The molecule has 1 aliphatic rings. The number of nitrogens with zero attached hydrogens (tertiary/aromatic N) is 2. The fourth-order valence-electron chi connectivity index (χ4n) is 1.99. The van der Waals surface area contributed by atoms with Crippen molar-refractivity contribution in [3.05, 3.63) is 23.0 Å². The van der Waals surface area contributed by atoms with Crippen LogP contribution in [-0.4, -0.2) is 31.2 Å². The lowest BCUT2D eigenvalue weighted by atomic mass is 10.2. The van der Waals surface area contributed by atoms with E-state index >= 15 is 0 Å². The van der Waals surface area contributed by atoms with Gasteiger partial charge < -0.3 is 10.2 Å². The standard InChI is InChI=1S/C14H18ClN3/c1-2-3-5-12-10-13(11-17-14(12)15)18-8-4-6-16-7-9-18/h10-11,16H,2,4,6-9H2,1H3. The quantitative estimate of drug-likeness (QED) is 0.623. The molecule has 3 nitrogen and oxygen atoms in total. The van der Waals surface area contributed by atoms with E-state index in [1.807, 2.05) is 19.2 Å². The summed E-state index contributed by atoms with van der Waals surface area (Å²) in [5.74, 6) is 6.11. The Kier molecular flexibility index (Phi) is 4.86. The molecule has 1 N–H and O–H groups in total. The number of hydrogen-bond acceptors (Lipinski definition) is 3. The number of aromatic nitrogens is 1. The molecular formula is C14H18ClN3. The van der Waals surface area contributed by atoms with Crippen molar-refractivity contribution in [2.24, 2.45) is 0 Å². The van der Waals surface area contributed by atoms with Gasteiger partial charge in [0.2, 0.25) is 0 Å². The predicted octanol–water partition coefficient (Wildman–Crippen LogP) is 2.30. The zero-order valence-electron chi connectivity index (χ0n) is 10.7. The van der Waals surface area contributed by atoms with Crippen molar-refractivity contribution in [2.75, 3.05) is 31.1 Å². The lowest BCUT2D eigenvalue weighted by molar-refractivity contribution is 0.724. The maximum Gasteiger partial charge on any atom is 0.144 e. The zero-order valence-corrected chi connectivity index (χ0v) is 11.4. The second-order valence-electron chi connectivity index (χ2n) is 4.28. The minimum absolute atomic E-state index is 0.493. The van der Waals surface area contributed by atoms with E-state index in [-0.39, 0.29) is 0 Å². The van der Waals surface area contributed by atoms with Crippen LogP contribution in [0.2, 0.25) is 5.15 Å². The van der Waals surface area contributed by atoms with Gasteiger partial charge >= 0.3 is 0 Å². The average molecular weight is 264 g/mol. The Bertz CT molecular complexity index is 454. The molecule has 1 aromatic rings. The molecule has 0 saturated carbocycles. The molecular weight excluding hydrogens is 246 g/mol. The molecule has 2 heterocycles. The molecule has 1 saturated heterocycles. The third-order valence-electron chi connectivity index (χ3n) is 2.93. The summed E-state index contributed by atoms with van der Waals surface area (Å²) in [5, 5.41) is 3.88. The van der Waals surface area contributed by atoms with Crippen LogP contribution in [0.15, 0.2) is 12.3 Å². The molecule has 0 amide bonds. The molecule has 0 atom stereocenters. The van der Waals surface area contributed by atoms with Crippen molar-refractivity contribution in [3.63, 3.8) is 0 Å². The first-order chi connectivity index (χ1) is 8.81. The monoisotopic (exact) mass is 263 g/mol.